The largest absolute Gasteiger partial charge is 0.453 e. The first-order valence-corrected chi connectivity index (χ1v) is 10.4. The molecule has 1 N–H and O–H groups in total. The van der Waals surface area contributed by atoms with Crippen molar-refractivity contribution < 1.29 is 18.3 Å². The Bertz CT molecular complexity index is 1280. The van der Waals surface area contributed by atoms with Gasteiger partial charge in [0.05, 0.1) is 24.0 Å². The fourth-order valence-electron chi connectivity index (χ4n) is 3.22. The molecule has 0 radical (unpaired) electrons. The summed E-state index contributed by atoms with van der Waals surface area (Å²) in [5, 5.41) is 7.22. The molecule has 0 aliphatic rings. The van der Waals surface area contributed by atoms with Crippen molar-refractivity contribution in [1.82, 2.24) is 20.1 Å². The van der Waals surface area contributed by atoms with E-state index >= 15 is 0 Å². The van der Waals surface area contributed by atoms with Crippen molar-refractivity contribution in [1.29, 1.82) is 0 Å². The van der Waals surface area contributed by atoms with Crippen LogP contribution in [0.1, 0.15) is 27.2 Å². The molecule has 0 saturated carbocycles. The number of pyridine rings is 1. The number of rotatable bonds is 7. The summed E-state index contributed by atoms with van der Waals surface area (Å²) in [7, 11) is 0. The lowest BCUT2D eigenvalue weighted by atomic mass is 10.2. The van der Waals surface area contributed by atoms with Crippen molar-refractivity contribution >= 4 is 17.5 Å². The molecule has 0 bridgehead atoms. The summed E-state index contributed by atoms with van der Waals surface area (Å²) >= 11 is 6.39. The van der Waals surface area contributed by atoms with Gasteiger partial charge in [0, 0.05) is 12.7 Å². The molecule has 0 aliphatic heterocycles. The van der Waals surface area contributed by atoms with Crippen molar-refractivity contribution in [3.05, 3.63) is 106 Å². The number of aryl methyl sites for hydroxylation is 1. The predicted octanol–water partition coefficient (Wildman–Crippen LogP) is 5.29. The number of hydrogen-bond acceptors (Lipinski definition) is 4. The maximum absolute atomic E-state index is 14.4. The summed E-state index contributed by atoms with van der Waals surface area (Å²) in [6, 6.07) is 13.7. The minimum atomic E-state index is -0.563. The Balaban J connectivity index is 1.42. The van der Waals surface area contributed by atoms with Crippen LogP contribution in [0.25, 0.3) is 0 Å². The monoisotopic (exact) mass is 468 g/mol. The van der Waals surface area contributed by atoms with Crippen molar-refractivity contribution in [3.8, 4) is 11.5 Å². The average Bonchev–Trinajstić information content (AvgIpc) is 3.08. The minimum Gasteiger partial charge on any atom is -0.453 e. The molecule has 6 nitrogen and oxygen atoms in total. The maximum atomic E-state index is 14.4. The first kappa shape index (κ1) is 22.4. The first-order valence-electron chi connectivity index (χ1n) is 10.0. The summed E-state index contributed by atoms with van der Waals surface area (Å²) < 4.78 is 34.5. The Morgan fingerprint density at radius 3 is 2.58 bits per heavy atom. The van der Waals surface area contributed by atoms with Gasteiger partial charge in [-0.1, -0.05) is 29.8 Å². The number of hydrogen-bond donors (Lipinski definition) is 1. The Hall–Kier alpha value is -3.78. The second-order valence-corrected chi connectivity index (χ2v) is 7.63. The Morgan fingerprint density at radius 1 is 1.12 bits per heavy atom. The molecular formula is C24H19ClF2N4O2. The van der Waals surface area contributed by atoms with Crippen LogP contribution >= 0.6 is 11.6 Å². The van der Waals surface area contributed by atoms with Crippen LogP contribution in [-0.2, 0) is 13.1 Å². The first-order chi connectivity index (χ1) is 15.9. The maximum Gasteiger partial charge on any atom is 0.256 e. The van der Waals surface area contributed by atoms with Crippen molar-refractivity contribution in [2.45, 2.75) is 20.0 Å². The normalized spacial score (nSPS) is 10.8. The van der Waals surface area contributed by atoms with E-state index in [0.717, 1.165) is 5.56 Å². The van der Waals surface area contributed by atoms with Gasteiger partial charge in [-0.05, 0) is 54.4 Å². The number of ether oxygens (including phenoxy) is 1. The summed E-state index contributed by atoms with van der Waals surface area (Å²) in [6.45, 7) is 2.05. The Kier molecular flexibility index (Phi) is 6.65. The molecule has 168 valence electrons. The minimum absolute atomic E-state index is 0.0547. The van der Waals surface area contributed by atoms with E-state index in [-0.39, 0.29) is 35.4 Å². The zero-order chi connectivity index (χ0) is 23.4. The molecule has 33 heavy (non-hydrogen) atoms. The van der Waals surface area contributed by atoms with Crippen LogP contribution in [0.4, 0.5) is 8.78 Å². The number of nitrogens with zero attached hydrogens (tertiary/aromatic N) is 3. The van der Waals surface area contributed by atoms with Gasteiger partial charge in [0.2, 0.25) is 0 Å². The number of aromatic nitrogens is 3. The van der Waals surface area contributed by atoms with E-state index in [1.807, 2.05) is 0 Å². The van der Waals surface area contributed by atoms with Gasteiger partial charge < -0.3 is 10.1 Å². The molecule has 9 heteroatoms. The lowest BCUT2D eigenvalue weighted by Gasteiger charge is -2.09. The topological polar surface area (TPSA) is 69.0 Å². The number of benzene rings is 2. The smallest absolute Gasteiger partial charge is 0.256 e. The van der Waals surface area contributed by atoms with E-state index in [4.69, 9.17) is 16.3 Å². The van der Waals surface area contributed by atoms with Crippen LogP contribution in [0, 0.1) is 18.6 Å². The van der Waals surface area contributed by atoms with Gasteiger partial charge in [0.1, 0.15) is 16.7 Å². The average molecular weight is 469 g/mol. The van der Waals surface area contributed by atoms with Crippen LogP contribution in [0.3, 0.4) is 0 Å². The van der Waals surface area contributed by atoms with Crippen LogP contribution in [-0.4, -0.2) is 20.7 Å². The summed E-state index contributed by atoms with van der Waals surface area (Å²) in [4.78, 5) is 16.7. The second-order valence-electron chi connectivity index (χ2n) is 7.27. The van der Waals surface area contributed by atoms with E-state index in [9.17, 15) is 13.6 Å². The van der Waals surface area contributed by atoms with E-state index < -0.39 is 11.7 Å². The van der Waals surface area contributed by atoms with E-state index in [2.05, 4.69) is 15.4 Å². The van der Waals surface area contributed by atoms with Gasteiger partial charge in [0.25, 0.3) is 5.91 Å². The third-order valence-electron chi connectivity index (χ3n) is 4.85. The van der Waals surface area contributed by atoms with Gasteiger partial charge in [0.15, 0.2) is 11.6 Å². The number of carbonyl (C=O) groups excluding carboxylic acids is 1. The third-order valence-corrected chi connectivity index (χ3v) is 5.23. The highest BCUT2D eigenvalue weighted by Gasteiger charge is 2.20. The van der Waals surface area contributed by atoms with Crippen molar-refractivity contribution in [2.24, 2.45) is 0 Å². The fraction of sp³-hybridized carbons (Fsp3) is 0.125. The van der Waals surface area contributed by atoms with Gasteiger partial charge >= 0.3 is 0 Å². The van der Waals surface area contributed by atoms with E-state index in [1.54, 1.807) is 43.5 Å². The van der Waals surface area contributed by atoms with Gasteiger partial charge in [-0.15, -0.1) is 0 Å². The summed E-state index contributed by atoms with van der Waals surface area (Å²) in [5.74, 6) is -0.861. The van der Waals surface area contributed by atoms with E-state index in [0.29, 0.717) is 17.0 Å². The zero-order valence-corrected chi connectivity index (χ0v) is 18.3. The molecule has 2 heterocycles. The van der Waals surface area contributed by atoms with Crippen LogP contribution < -0.4 is 10.1 Å². The number of carbonyl (C=O) groups is 1. The van der Waals surface area contributed by atoms with Gasteiger partial charge in [-0.25, -0.2) is 13.5 Å². The van der Waals surface area contributed by atoms with Gasteiger partial charge in [-0.2, -0.15) is 5.10 Å². The molecule has 2 aromatic carbocycles. The molecule has 4 rings (SSSR count). The van der Waals surface area contributed by atoms with Crippen LogP contribution in [0.15, 0.2) is 67.0 Å². The SMILES string of the molecule is Cc1nn(Cc2ccc(F)cc2)c(Cl)c1C(=O)NCc1ccc(Oc2cccnc2)c(F)c1. The van der Waals surface area contributed by atoms with E-state index in [1.165, 1.54) is 35.1 Å². The molecule has 0 aliphatic carbocycles. The molecule has 4 aromatic rings. The Morgan fingerprint density at radius 2 is 1.88 bits per heavy atom. The lowest BCUT2D eigenvalue weighted by molar-refractivity contribution is 0.0950. The second kappa shape index (κ2) is 9.79. The standard InChI is InChI=1S/C24H19ClF2N4O2/c1-15-22(23(25)31(30-15)14-16-4-7-18(26)8-5-16)24(32)29-12-17-6-9-21(20(27)11-17)33-19-3-2-10-28-13-19/h2-11,13H,12,14H2,1H3,(H,29,32). The molecule has 0 atom stereocenters. The number of nitrogens with one attached hydrogen (secondary N) is 1. The highest BCUT2D eigenvalue weighted by Crippen LogP contribution is 2.25. The molecule has 1 amide bonds. The number of amides is 1. The predicted molar refractivity (Wildman–Crippen MR) is 119 cm³/mol. The Labute approximate surface area is 193 Å². The lowest BCUT2D eigenvalue weighted by Crippen LogP contribution is -2.23. The number of halogens is 3. The van der Waals surface area contributed by atoms with Gasteiger partial charge in [-0.3, -0.25) is 9.78 Å². The fourth-order valence-corrected chi connectivity index (χ4v) is 3.54. The zero-order valence-electron chi connectivity index (χ0n) is 17.6. The highest BCUT2D eigenvalue weighted by molar-refractivity contribution is 6.33. The van der Waals surface area contributed by atoms with Crippen LogP contribution in [0.5, 0.6) is 11.5 Å². The summed E-state index contributed by atoms with van der Waals surface area (Å²) in [6.07, 6.45) is 3.07. The highest BCUT2D eigenvalue weighted by atomic mass is 35.5. The van der Waals surface area contributed by atoms with Crippen molar-refractivity contribution in [2.75, 3.05) is 0 Å². The molecule has 0 saturated heterocycles. The third kappa shape index (κ3) is 5.35. The molecule has 0 fully saturated rings. The molecule has 0 spiro atoms. The molecule has 2 aromatic heterocycles. The molecule has 0 unspecified atom stereocenters. The quantitative estimate of drug-likeness (QED) is 0.400. The van der Waals surface area contributed by atoms with Crippen molar-refractivity contribution in [3.63, 3.8) is 0 Å². The van der Waals surface area contributed by atoms with Crippen LogP contribution in [0.2, 0.25) is 5.15 Å². The summed E-state index contributed by atoms with van der Waals surface area (Å²) in [5.41, 5.74) is 2.02. The molecular weight excluding hydrogens is 450 g/mol.